The summed E-state index contributed by atoms with van der Waals surface area (Å²) in [6, 6.07) is 0. The Morgan fingerprint density at radius 2 is 2.09 bits per heavy atom. The van der Waals surface area contributed by atoms with Gasteiger partial charge in [-0.3, -0.25) is 4.79 Å². The summed E-state index contributed by atoms with van der Waals surface area (Å²) in [4.78, 5) is 20.0. The smallest absolute Gasteiger partial charge is 0.286 e. The van der Waals surface area contributed by atoms with E-state index in [1.54, 1.807) is 0 Å². The van der Waals surface area contributed by atoms with Gasteiger partial charge in [-0.15, -0.1) is 4.91 Å². The van der Waals surface area contributed by atoms with Crippen molar-refractivity contribution in [2.24, 2.45) is 5.18 Å². The van der Waals surface area contributed by atoms with Crippen LogP contribution in [0.3, 0.4) is 0 Å². The van der Waals surface area contributed by atoms with E-state index < -0.39 is 5.91 Å². The Balaban J connectivity index is 3.01. The molecule has 0 aromatic heterocycles. The summed E-state index contributed by atoms with van der Waals surface area (Å²) in [5, 5.41) is 5.30. The van der Waals surface area contributed by atoms with Crippen molar-refractivity contribution >= 4 is 5.91 Å². The van der Waals surface area contributed by atoms with E-state index in [9.17, 15) is 9.70 Å². The second-order valence-corrected chi connectivity index (χ2v) is 2.40. The third-order valence-electron chi connectivity index (χ3n) is 1.42. The van der Waals surface area contributed by atoms with Gasteiger partial charge in [0, 0.05) is 11.6 Å². The van der Waals surface area contributed by atoms with E-state index in [4.69, 9.17) is 0 Å². The molecule has 0 aliphatic heterocycles. The largest absolute Gasteiger partial charge is 0.320 e. The minimum atomic E-state index is -0.533. The van der Waals surface area contributed by atoms with Crippen LogP contribution in [0.4, 0.5) is 0 Å². The van der Waals surface area contributed by atoms with Crippen molar-refractivity contribution in [3.8, 4) is 0 Å². The van der Waals surface area contributed by atoms with Crippen LogP contribution >= 0.6 is 0 Å². The Morgan fingerprint density at radius 3 is 2.64 bits per heavy atom. The number of hydrogen-bond donors (Lipinski definition) is 1. The third-order valence-corrected chi connectivity index (χ3v) is 1.42. The van der Waals surface area contributed by atoms with Gasteiger partial charge in [0.2, 0.25) is 0 Å². The lowest BCUT2D eigenvalue weighted by Crippen LogP contribution is -2.07. The molecule has 0 aliphatic carbocycles. The fourth-order valence-corrected chi connectivity index (χ4v) is 0.800. The van der Waals surface area contributed by atoms with E-state index in [0.29, 0.717) is 6.42 Å². The molecule has 0 aromatic carbocycles. The molecule has 0 spiro atoms. The van der Waals surface area contributed by atoms with Gasteiger partial charge in [0.15, 0.2) is 0 Å². The molecule has 0 aliphatic rings. The Hall–Kier alpha value is -0.770. The van der Waals surface area contributed by atoms with Crippen molar-refractivity contribution in [1.82, 2.24) is 5.32 Å². The van der Waals surface area contributed by atoms with E-state index in [1.165, 1.54) is 0 Å². The van der Waals surface area contributed by atoms with E-state index in [1.807, 2.05) is 7.05 Å². The topological polar surface area (TPSA) is 58.5 Å². The van der Waals surface area contributed by atoms with Crippen LogP contribution in [0.15, 0.2) is 5.18 Å². The van der Waals surface area contributed by atoms with Crippen LogP contribution in [0.1, 0.15) is 25.7 Å². The molecule has 4 heteroatoms. The lowest BCUT2D eigenvalue weighted by Gasteiger charge is -1.96. The fourth-order valence-electron chi connectivity index (χ4n) is 0.800. The zero-order valence-corrected chi connectivity index (χ0v) is 6.80. The van der Waals surface area contributed by atoms with Crippen molar-refractivity contribution in [3.63, 3.8) is 0 Å². The Morgan fingerprint density at radius 1 is 1.36 bits per heavy atom. The minimum absolute atomic E-state index is 0.299. The first-order valence-electron chi connectivity index (χ1n) is 3.82. The zero-order valence-electron chi connectivity index (χ0n) is 6.80. The van der Waals surface area contributed by atoms with E-state index in [-0.39, 0.29) is 0 Å². The molecule has 0 saturated carbocycles. The molecule has 0 aromatic rings. The lowest BCUT2D eigenvalue weighted by atomic mass is 10.2. The molecule has 0 saturated heterocycles. The maximum absolute atomic E-state index is 10.3. The Labute approximate surface area is 66.3 Å². The van der Waals surface area contributed by atoms with Crippen molar-refractivity contribution in [2.75, 3.05) is 13.6 Å². The van der Waals surface area contributed by atoms with Crippen molar-refractivity contribution in [1.29, 1.82) is 0 Å². The maximum atomic E-state index is 10.3. The second-order valence-electron chi connectivity index (χ2n) is 2.40. The molecule has 64 valence electrons. The lowest BCUT2D eigenvalue weighted by molar-refractivity contribution is -0.118. The predicted molar refractivity (Wildman–Crippen MR) is 43.2 cm³/mol. The van der Waals surface area contributed by atoms with Gasteiger partial charge in [-0.25, -0.2) is 0 Å². The van der Waals surface area contributed by atoms with Crippen molar-refractivity contribution in [2.45, 2.75) is 25.7 Å². The summed E-state index contributed by atoms with van der Waals surface area (Å²) in [6.45, 7) is 0.961. The van der Waals surface area contributed by atoms with E-state index in [2.05, 4.69) is 10.5 Å². The molecule has 0 radical (unpaired) electrons. The Bertz CT molecular complexity index is 126. The molecular weight excluding hydrogens is 144 g/mol. The van der Waals surface area contributed by atoms with E-state index in [0.717, 1.165) is 25.8 Å². The molecule has 1 amide bonds. The average molecular weight is 158 g/mol. The minimum Gasteiger partial charge on any atom is -0.320 e. The summed E-state index contributed by atoms with van der Waals surface area (Å²) in [5.74, 6) is -0.533. The first-order chi connectivity index (χ1) is 5.31. The van der Waals surface area contributed by atoms with Gasteiger partial charge >= 0.3 is 0 Å². The quantitative estimate of drug-likeness (QED) is 0.464. The van der Waals surface area contributed by atoms with Gasteiger partial charge in [-0.05, 0) is 26.4 Å². The maximum Gasteiger partial charge on any atom is 0.286 e. The zero-order chi connectivity index (χ0) is 8.53. The average Bonchev–Trinajstić information content (AvgIpc) is 2.04. The molecule has 4 nitrogen and oxygen atoms in total. The summed E-state index contributed by atoms with van der Waals surface area (Å²) in [5.41, 5.74) is 0. The molecule has 0 bridgehead atoms. The summed E-state index contributed by atoms with van der Waals surface area (Å²) in [6.07, 6.45) is 3.09. The number of nitrogens with one attached hydrogen (secondary N) is 1. The third kappa shape index (κ3) is 7.12. The van der Waals surface area contributed by atoms with Gasteiger partial charge in [-0.1, -0.05) is 6.42 Å². The number of carbonyl (C=O) groups is 1. The number of nitroso groups, excluding NO2 is 1. The number of amides is 1. The van der Waals surface area contributed by atoms with Crippen LogP contribution in [-0.2, 0) is 4.79 Å². The fraction of sp³-hybridized carbons (Fsp3) is 0.857. The van der Waals surface area contributed by atoms with Gasteiger partial charge in [-0.2, -0.15) is 0 Å². The van der Waals surface area contributed by atoms with Crippen LogP contribution in [0.5, 0.6) is 0 Å². The summed E-state index contributed by atoms with van der Waals surface area (Å²) >= 11 is 0. The van der Waals surface area contributed by atoms with Crippen molar-refractivity contribution in [3.05, 3.63) is 4.91 Å². The van der Waals surface area contributed by atoms with Gasteiger partial charge in [0.25, 0.3) is 5.91 Å². The van der Waals surface area contributed by atoms with Crippen LogP contribution in [0, 0.1) is 4.91 Å². The molecule has 0 unspecified atom stereocenters. The molecule has 0 heterocycles. The molecule has 0 fully saturated rings. The van der Waals surface area contributed by atoms with Crippen LogP contribution in [0.2, 0.25) is 0 Å². The summed E-state index contributed by atoms with van der Waals surface area (Å²) in [7, 11) is 1.89. The van der Waals surface area contributed by atoms with Crippen LogP contribution in [-0.4, -0.2) is 19.5 Å². The number of hydrogen-bond acceptors (Lipinski definition) is 3. The molecule has 0 rings (SSSR count). The van der Waals surface area contributed by atoms with E-state index >= 15 is 0 Å². The van der Waals surface area contributed by atoms with Crippen LogP contribution < -0.4 is 5.32 Å². The molecule has 11 heavy (non-hydrogen) atoms. The van der Waals surface area contributed by atoms with Gasteiger partial charge < -0.3 is 5.32 Å². The normalized spacial score (nSPS) is 9.55. The van der Waals surface area contributed by atoms with Crippen LogP contribution in [0.25, 0.3) is 0 Å². The standard InChI is InChI=1S/C7H14N2O2/c1-8-6-4-2-3-5-7(10)9-11/h8H,2-6H2,1H3. The van der Waals surface area contributed by atoms with Gasteiger partial charge in [0.1, 0.15) is 0 Å². The first-order valence-corrected chi connectivity index (χ1v) is 3.82. The number of carbonyl (C=O) groups excluding carboxylic acids is 1. The molecular formula is C7H14N2O2. The first kappa shape index (κ1) is 10.2. The summed E-state index contributed by atoms with van der Waals surface area (Å²) < 4.78 is 0. The highest BCUT2D eigenvalue weighted by Crippen LogP contribution is 1.99. The molecule has 1 N–H and O–H groups in total. The number of unbranched alkanes of at least 4 members (excludes halogenated alkanes) is 2. The van der Waals surface area contributed by atoms with Crippen molar-refractivity contribution < 1.29 is 4.79 Å². The predicted octanol–water partition coefficient (Wildman–Crippen LogP) is 1.06. The molecule has 0 atom stereocenters. The van der Waals surface area contributed by atoms with Gasteiger partial charge in [0.05, 0.1) is 0 Å². The number of nitrogens with zero attached hydrogens (tertiary/aromatic N) is 1. The highest BCUT2D eigenvalue weighted by Gasteiger charge is 1.98. The SMILES string of the molecule is CNCCCCCC(=O)N=O. The monoisotopic (exact) mass is 158 g/mol. The number of rotatable bonds is 6. The Kier molecular flexibility index (Phi) is 6.82. The highest BCUT2D eigenvalue weighted by molar-refractivity contribution is 5.76. The highest BCUT2D eigenvalue weighted by atomic mass is 16.3. The second kappa shape index (κ2) is 7.34.